The predicted octanol–water partition coefficient (Wildman–Crippen LogP) is 0.317. The molecule has 1 aliphatic rings. The average Bonchev–Trinajstić information content (AvgIpc) is 2.48. The van der Waals surface area contributed by atoms with Gasteiger partial charge in [-0.1, -0.05) is 0 Å². The summed E-state index contributed by atoms with van der Waals surface area (Å²) in [5, 5.41) is 4.23. The number of hydrogen-bond acceptors (Lipinski definition) is 3. The highest BCUT2D eigenvalue weighted by atomic mass is 16.5. The van der Waals surface area contributed by atoms with Gasteiger partial charge in [0.1, 0.15) is 5.82 Å². The summed E-state index contributed by atoms with van der Waals surface area (Å²) in [5.41, 5.74) is -0.0148. The summed E-state index contributed by atoms with van der Waals surface area (Å²) in [7, 11) is 1.76. The van der Waals surface area contributed by atoms with Crippen LogP contribution in [0.2, 0.25) is 0 Å². The predicted molar refractivity (Wildman–Crippen MR) is 55.7 cm³/mol. The Morgan fingerprint density at radius 2 is 2.13 bits per heavy atom. The molecule has 1 aromatic rings. The quantitative estimate of drug-likeness (QED) is 0.707. The van der Waals surface area contributed by atoms with Crippen LogP contribution in [0.15, 0.2) is 4.79 Å². The van der Waals surface area contributed by atoms with Crippen LogP contribution in [0.1, 0.15) is 18.7 Å². The minimum Gasteiger partial charge on any atom is -0.381 e. The monoisotopic (exact) mass is 211 g/mol. The van der Waals surface area contributed by atoms with Gasteiger partial charge in [0.05, 0.1) is 0 Å². The SMILES string of the molecule is Cc1nn(CC2CCOCC2)c(=O)n1C. The van der Waals surface area contributed by atoms with Gasteiger partial charge in [0.15, 0.2) is 0 Å². The highest BCUT2D eigenvalue weighted by Crippen LogP contribution is 2.15. The third-order valence-corrected chi connectivity index (χ3v) is 3.03. The van der Waals surface area contributed by atoms with Crippen molar-refractivity contribution in [2.45, 2.75) is 26.3 Å². The van der Waals surface area contributed by atoms with Crippen molar-refractivity contribution in [3.63, 3.8) is 0 Å². The zero-order chi connectivity index (χ0) is 10.8. The van der Waals surface area contributed by atoms with Gasteiger partial charge in [-0.2, -0.15) is 5.10 Å². The number of aryl methyl sites for hydroxylation is 1. The lowest BCUT2D eigenvalue weighted by Crippen LogP contribution is -2.28. The fourth-order valence-corrected chi connectivity index (χ4v) is 1.89. The maximum atomic E-state index is 11.7. The van der Waals surface area contributed by atoms with E-state index < -0.39 is 0 Å². The van der Waals surface area contributed by atoms with Crippen LogP contribution in [0, 0.1) is 12.8 Å². The van der Waals surface area contributed by atoms with Crippen LogP contribution in [-0.2, 0) is 18.3 Å². The number of nitrogens with zero attached hydrogens (tertiary/aromatic N) is 3. The van der Waals surface area contributed by atoms with Gasteiger partial charge in [-0.3, -0.25) is 4.57 Å². The molecule has 2 heterocycles. The first-order chi connectivity index (χ1) is 7.18. The van der Waals surface area contributed by atoms with Crippen LogP contribution in [0.4, 0.5) is 0 Å². The number of hydrogen-bond donors (Lipinski definition) is 0. The Hall–Kier alpha value is -1.10. The van der Waals surface area contributed by atoms with Gasteiger partial charge in [-0.25, -0.2) is 9.48 Å². The second kappa shape index (κ2) is 4.18. The Morgan fingerprint density at radius 3 is 2.67 bits per heavy atom. The summed E-state index contributed by atoms with van der Waals surface area (Å²) in [6.45, 7) is 4.20. The Balaban J connectivity index is 2.10. The number of ether oxygens (including phenoxy) is 1. The molecule has 5 heteroatoms. The molecule has 1 aliphatic heterocycles. The largest absolute Gasteiger partial charge is 0.381 e. The van der Waals surface area contributed by atoms with Gasteiger partial charge in [0.25, 0.3) is 0 Å². The van der Waals surface area contributed by atoms with Crippen LogP contribution in [0.25, 0.3) is 0 Å². The molecular formula is C10H17N3O2. The van der Waals surface area contributed by atoms with Crippen molar-refractivity contribution in [1.82, 2.24) is 14.3 Å². The average molecular weight is 211 g/mol. The number of aromatic nitrogens is 3. The zero-order valence-electron chi connectivity index (χ0n) is 9.27. The summed E-state index contributed by atoms with van der Waals surface area (Å²) in [6.07, 6.45) is 2.06. The van der Waals surface area contributed by atoms with E-state index in [4.69, 9.17) is 4.74 Å². The third-order valence-electron chi connectivity index (χ3n) is 3.03. The smallest absolute Gasteiger partial charge is 0.345 e. The molecular weight excluding hydrogens is 194 g/mol. The molecule has 15 heavy (non-hydrogen) atoms. The van der Waals surface area contributed by atoms with Crippen LogP contribution >= 0.6 is 0 Å². The maximum absolute atomic E-state index is 11.7. The third kappa shape index (κ3) is 2.12. The van der Waals surface area contributed by atoms with E-state index >= 15 is 0 Å². The second-order valence-corrected chi connectivity index (χ2v) is 4.13. The van der Waals surface area contributed by atoms with E-state index in [2.05, 4.69) is 5.10 Å². The van der Waals surface area contributed by atoms with Gasteiger partial charge < -0.3 is 4.74 Å². The first kappa shape index (κ1) is 10.4. The molecule has 0 saturated carbocycles. The fraction of sp³-hybridized carbons (Fsp3) is 0.800. The van der Waals surface area contributed by atoms with Crippen LogP contribution < -0.4 is 5.69 Å². The molecule has 1 fully saturated rings. The lowest BCUT2D eigenvalue weighted by atomic mass is 10.0. The van der Waals surface area contributed by atoms with E-state index in [1.807, 2.05) is 6.92 Å². The van der Waals surface area contributed by atoms with Gasteiger partial charge in [0.2, 0.25) is 0 Å². The Kier molecular flexibility index (Phi) is 2.90. The molecule has 0 spiro atoms. The molecule has 0 aromatic carbocycles. The Morgan fingerprint density at radius 1 is 1.47 bits per heavy atom. The zero-order valence-corrected chi connectivity index (χ0v) is 9.27. The van der Waals surface area contributed by atoms with E-state index in [-0.39, 0.29) is 5.69 Å². The fourth-order valence-electron chi connectivity index (χ4n) is 1.89. The molecule has 0 N–H and O–H groups in total. The van der Waals surface area contributed by atoms with E-state index in [0.717, 1.165) is 38.4 Å². The Labute approximate surface area is 88.7 Å². The molecule has 0 aliphatic carbocycles. The summed E-state index contributed by atoms with van der Waals surface area (Å²) in [5.74, 6) is 1.30. The molecule has 84 valence electrons. The summed E-state index contributed by atoms with van der Waals surface area (Å²) in [4.78, 5) is 11.7. The van der Waals surface area contributed by atoms with Crippen LogP contribution in [-0.4, -0.2) is 27.6 Å². The first-order valence-corrected chi connectivity index (χ1v) is 5.36. The van der Waals surface area contributed by atoms with Crippen molar-refractivity contribution in [2.24, 2.45) is 13.0 Å². The molecule has 1 saturated heterocycles. The molecule has 1 aromatic heterocycles. The topological polar surface area (TPSA) is 49.1 Å². The summed E-state index contributed by atoms with van der Waals surface area (Å²) >= 11 is 0. The van der Waals surface area contributed by atoms with Crippen LogP contribution in [0.3, 0.4) is 0 Å². The van der Waals surface area contributed by atoms with Crippen molar-refractivity contribution in [1.29, 1.82) is 0 Å². The van der Waals surface area contributed by atoms with Crippen molar-refractivity contribution < 1.29 is 4.74 Å². The second-order valence-electron chi connectivity index (χ2n) is 4.13. The van der Waals surface area contributed by atoms with Gasteiger partial charge in [-0.15, -0.1) is 0 Å². The van der Waals surface area contributed by atoms with Crippen molar-refractivity contribution in [3.05, 3.63) is 16.3 Å². The first-order valence-electron chi connectivity index (χ1n) is 5.36. The van der Waals surface area contributed by atoms with Gasteiger partial charge in [-0.05, 0) is 25.7 Å². The van der Waals surface area contributed by atoms with Crippen molar-refractivity contribution >= 4 is 0 Å². The highest BCUT2D eigenvalue weighted by molar-refractivity contribution is 4.82. The van der Waals surface area contributed by atoms with E-state index in [9.17, 15) is 4.79 Å². The highest BCUT2D eigenvalue weighted by Gasteiger charge is 2.16. The molecule has 0 atom stereocenters. The summed E-state index contributed by atoms with van der Waals surface area (Å²) in [6, 6.07) is 0. The molecule has 5 nitrogen and oxygen atoms in total. The van der Waals surface area contributed by atoms with E-state index in [1.165, 1.54) is 0 Å². The summed E-state index contributed by atoms with van der Waals surface area (Å²) < 4.78 is 8.44. The molecule has 0 unspecified atom stereocenters. The Bertz CT molecular complexity index is 388. The van der Waals surface area contributed by atoms with E-state index in [1.54, 1.807) is 16.3 Å². The normalized spacial score (nSPS) is 18.3. The minimum atomic E-state index is -0.0148. The molecule has 2 rings (SSSR count). The lowest BCUT2D eigenvalue weighted by Gasteiger charge is -2.21. The maximum Gasteiger partial charge on any atom is 0.345 e. The molecule has 0 bridgehead atoms. The molecule has 0 radical (unpaired) electrons. The molecule has 0 amide bonds. The van der Waals surface area contributed by atoms with Crippen LogP contribution in [0.5, 0.6) is 0 Å². The lowest BCUT2D eigenvalue weighted by molar-refractivity contribution is 0.0597. The van der Waals surface area contributed by atoms with E-state index in [0.29, 0.717) is 5.92 Å². The van der Waals surface area contributed by atoms with Gasteiger partial charge >= 0.3 is 5.69 Å². The minimum absolute atomic E-state index is 0.0148. The van der Waals surface area contributed by atoms with Gasteiger partial charge in [0, 0.05) is 26.8 Å². The number of rotatable bonds is 2. The van der Waals surface area contributed by atoms with Crippen molar-refractivity contribution in [3.8, 4) is 0 Å². The van der Waals surface area contributed by atoms with Crippen molar-refractivity contribution in [2.75, 3.05) is 13.2 Å². The standard InChI is InChI=1S/C10H17N3O2/c1-8-11-13(10(14)12(8)2)7-9-3-5-15-6-4-9/h9H,3-7H2,1-2H3.